The molecule has 1 heterocycles. The predicted octanol–water partition coefficient (Wildman–Crippen LogP) is 2.27. The van der Waals surface area contributed by atoms with E-state index in [0.717, 1.165) is 23.1 Å². The Labute approximate surface area is 86.7 Å². The van der Waals surface area contributed by atoms with Gasteiger partial charge in [-0.15, -0.1) is 0 Å². The minimum Gasteiger partial charge on any atom is -0.325 e. The first-order chi connectivity index (χ1) is 6.18. The van der Waals surface area contributed by atoms with Gasteiger partial charge in [-0.2, -0.15) is 0 Å². The van der Waals surface area contributed by atoms with Crippen molar-refractivity contribution < 1.29 is 0 Å². The van der Waals surface area contributed by atoms with E-state index >= 15 is 0 Å². The van der Waals surface area contributed by atoms with Crippen molar-refractivity contribution in [2.45, 2.75) is 31.2 Å². The van der Waals surface area contributed by atoms with Gasteiger partial charge in [0.2, 0.25) is 0 Å². The average molecular weight is 241 g/mol. The van der Waals surface area contributed by atoms with Crippen molar-refractivity contribution in [1.29, 1.82) is 0 Å². The molecule has 0 aromatic carbocycles. The van der Waals surface area contributed by atoms with Crippen LogP contribution in [0.25, 0.3) is 0 Å². The number of halogens is 1. The zero-order valence-corrected chi connectivity index (χ0v) is 9.05. The number of rotatable bonds is 3. The summed E-state index contributed by atoms with van der Waals surface area (Å²) >= 11 is 3.36. The Bertz CT molecular complexity index is 308. The highest BCUT2D eigenvalue weighted by Crippen LogP contribution is 2.36. The number of aryl methyl sites for hydroxylation is 1. The van der Waals surface area contributed by atoms with E-state index in [0.29, 0.717) is 0 Å². The molecule has 0 unspecified atom stereocenters. The second-order valence-electron chi connectivity index (χ2n) is 3.81. The third-order valence-corrected chi connectivity index (χ3v) is 2.99. The molecule has 0 radical (unpaired) electrons. The average Bonchev–Trinajstić information content (AvgIpc) is 2.82. The van der Waals surface area contributed by atoms with E-state index in [2.05, 4.69) is 27.0 Å². The van der Waals surface area contributed by atoms with Crippen molar-refractivity contribution in [2.24, 2.45) is 5.73 Å². The van der Waals surface area contributed by atoms with Gasteiger partial charge in [0, 0.05) is 11.2 Å². The van der Waals surface area contributed by atoms with E-state index in [1.165, 1.54) is 12.8 Å². The third-order valence-electron chi connectivity index (χ3n) is 2.54. The van der Waals surface area contributed by atoms with Gasteiger partial charge in [-0.05, 0) is 53.7 Å². The van der Waals surface area contributed by atoms with Gasteiger partial charge < -0.3 is 5.73 Å². The summed E-state index contributed by atoms with van der Waals surface area (Å²) in [6, 6.07) is 6.01. The van der Waals surface area contributed by atoms with Crippen LogP contribution >= 0.6 is 15.9 Å². The second-order valence-corrected chi connectivity index (χ2v) is 4.63. The van der Waals surface area contributed by atoms with Crippen molar-refractivity contribution >= 4 is 15.9 Å². The standard InChI is InChI=1S/C10H13BrN2/c11-9-3-1-2-8(13-9)4-5-10(12)6-7-10/h1-3H,4-7,12H2. The minimum atomic E-state index is 0.143. The van der Waals surface area contributed by atoms with Crippen LogP contribution in [0.2, 0.25) is 0 Å². The Kier molecular flexibility index (Phi) is 2.39. The van der Waals surface area contributed by atoms with Crippen LogP contribution in [-0.4, -0.2) is 10.5 Å². The molecule has 1 aliphatic rings. The topological polar surface area (TPSA) is 38.9 Å². The maximum atomic E-state index is 5.99. The van der Waals surface area contributed by atoms with E-state index < -0.39 is 0 Å². The molecule has 0 amide bonds. The number of hydrogen-bond donors (Lipinski definition) is 1. The summed E-state index contributed by atoms with van der Waals surface area (Å²) in [5, 5.41) is 0. The highest BCUT2D eigenvalue weighted by Gasteiger charge is 2.37. The Morgan fingerprint density at radius 1 is 1.46 bits per heavy atom. The largest absolute Gasteiger partial charge is 0.325 e. The van der Waals surface area contributed by atoms with Gasteiger partial charge in [0.25, 0.3) is 0 Å². The van der Waals surface area contributed by atoms with Gasteiger partial charge in [0.05, 0.1) is 0 Å². The van der Waals surface area contributed by atoms with Crippen LogP contribution in [0.1, 0.15) is 25.0 Å². The van der Waals surface area contributed by atoms with Gasteiger partial charge in [0.15, 0.2) is 0 Å². The monoisotopic (exact) mass is 240 g/mol. The van der Waals surface area contributed by atoms with E-state index in [-0.39, 0.29) is 5.54 Å². The van der Waals surface area contributed by atoms with Crippen LogP contribution in [0, 0.1) is 0 Å². The van der Waals surface area contributed by atoms with Gasteiger partial charge >= 0.3 is 0 Å². The number of aromatic nitrogens is 1. The molecule has 2 N–H and O–H groups in total. The van der Waals surface area contributed by atoms with E-state index in [9.17, 15) is 0 Å². The van der Waals surface area contributed by atoms with Gasteiger partial charge in [-0.3, -0.25) is 0 Å². The molecule has 3 heteroatoms. The van der Waals surface area contributed by atoms with Gasteiger partial charge in [0.1, 0.15) is 4.60 Å². The summed E-state index contributed by atoms with van der Waals surface area (Å²) in [6.07, 6.45) is 4.42. The maximum absolute atomic E-state index is 5.99. The van der Waals surface area contributed by atoms with Crippen LogP contribution in [0.3, 0.4) is 0 Å². The van der Waals surface area contributed by atoms with Crippen LogP contribution in [-0.2, 0) is 6.42 Å². The molecule has 2 nitrogen and oxygen atoms in total. The fourth-order valence-electron chi connectivity index (χ4n) is 1.38. The molecule has 13 heavy (non-hydrogen) atoms. The SMILES string of the molecule is NC1(CCc2cccc(Br)n2)CC1. The van der Waals surface area contributed by atoms with E-state index in [1.807, 2.05) is 12.1 Å². The first-order valence-electron chi connectivity index (χ1n) is 4.58. The zero-order valence-electron chi connectivity index (χ0n) is 7.46. The number of hydrogen-bond acceptors (Lipinski definition) is 2. The van der Waals surface area contributed by atoms with Crippen LogP contribution in [0.4, 0.5) is 0 Å². The van der Waals surface area contributed by atoms with E-state index in [4.69, 9.17) is 5.73 Å². The Morgan fingerprint density at radius 2 is 2.23 bits per heavy atom. The summed E-state index contributed by atoms with van der Waals surface area (Å²) < 4.78 is 0.909. The summed E-state index contributed by atoms with van der Waals surface area (Å²) in [4.78, 5) is 4.37. The summed E-state index contributed by atoms with van der Waals surface area (Å²) in [6.45, 7) is 0. The molecule has 1 aromatic rings. The van der Waals surface area contributed by atoms with Crippen molar-refractivity contribution in [2.75, 3.05) is 0 Å². The molecule has 2 rings (SSSR count). The molecule has 70 valence electrons. The first-order valence-corrected chi connectivity index (χ1v) is 5.38. The normalized spacial score (nSPS) is 18.6. The molecule has 0 spiro atoms. The lowest BCUT2D eigenvalue weighted by atomic mass is 10.1. The zero-order chi connectivity index (χ0) is 9.31. The van der Waals surface area contributed by atoms with Gasteiger partial charge in [-0.25, -0.2) is 4.98 Å². The second kappa shape index (κ2) is 3.39. The Morgan fingerprint density at radius 3 is 2.85 bits per heavy atom. The number of pyridine rings is 1. The molecular weight excluding hydrogens is 228 g/mol. The first kappa shape index (κ1) is 9.16. The lowest BCUT2D eigenvalue weighted by Gasteiger charge is -2.07. The highest BCUT2D eigenvalue weighted by atomic mass is 79.9. The van der Waals surface area contributed by atoms with Crippen molar-refractivity contribution in [3.8, 4) is 0 Å². The predicted molar refractivity (Wildman–Crippen MR) is 56.4 cm³/mol. The molecule has 0 atom stereocenters. The maximum Gasteiger partial charge on any atom is 0.106 e. The lowest BCUT2D eigenvalue weighted by Crippen LogP contribution is -2.22. The molecular formula is C10H13BrN2. The van der Waals surface area contributed by atoms with Crippen molar-refractivity contribution in [3.05, 3.63) is 28.5 Å². The molecule has 1 fully saturated rings. The number of nitrogens with zero attached hydrogens (tertiary/aromatic N) is 1. The molecule has 0 saturated heterocycles. The van der Waals surface area contributed by atoms with Crippen LogP contribution in [0.15, 0.2) is 22.8 Å². The quantitative estimate of drug-likeness (QED) is 0.824. The van der Waals surface area contributed by atoms with Crippen molar-refractivity contribution in [1.82, 2.24) is 4.98 Å². The van der Waals surface area contributed by atoms with Crippen molar-refractivity contribution in [3.63, 3.8) is 0 Å². The Balaban J connectivity index is 1.94. The summed E-state index contributed by atoms with van der Waals surface area (Å²) in [5.41, 5.74) is 7.27. The summed E-state index contributed by atoms with van der Waals surface area (Å²) in [7, 11) is 0. The fraction of sp³-hybridized carbons (Fsp3) is 0.500. The number of nitrogens with two attached hydrogens (primary N) is 1. The van der Waals surface area contributed by atoms with E-state index in [1.54, 1.807) is 0 Å². The molecule has 0 bridgehead atoms. The smallest absolute Gasteiger partial charge is 0.106 e. The molecule has 1 saturated carbocycles. The van der Waals surface area contributed by atoms with Gasteiger partial charge in [-0.1, -0.05) is 6.07 Å². The highest BCUT2D eigenvalue weighted by molar-refractivity contribution is 9.10. The molecule has 1 aromatic heterocycles. The summed E-state index contributed by atoms with van der Waals surface area (Å²) in [5.74, 6) is 0. The minimum absolute atomic E-state index is 0.143. The molecule has 0 aliphatic heterocycles. The molecule has 1 aliphatic carbocycles. The fourth-order valence-corrected chi connectivity index (χ4v) is 1.76. The Hall–Kier alpha value is -0.410. The van der Waals surface area contributed by atoms with Crippen LogP contribution < -0.4 is 5.73 Å². The lowest BCUT2D eigenvalue weighted by molar-refractivity contribution is 0.603. The third kappa shape index (κ3) is 2.51. The van der Waals surface area contributed by atoms with Crippen LogP contribution in [0.5, 0.6) is 0 Å².